The molecule has 0 heterocycles. The second kappa shape index (κ2) is 11.6. The van der Waals surface area contributed by atoms with Gasteiger partial charge in [0.2, 0.25) is 0 Å². The number of halogens is 2. The van der Waals surface area contributed by atoms with Gasteiger partial charge in [-0.25, -0.2) is 13.6 Å². The van der Waals surface area contributed by atoms with Crippen LogP contribution in [0.4, 0.5) is 8.78 Å². The van der Waals surface area contributed by atoms with Gasteiger partial charge in [0.15, 0.2) is 6.29 Å². The smallest absolute Gasteiger partial charge is 0.338 e. The van der Waals surface area contributed by atoms with Crippen LogP contribution in [-0.4, -0.2) is 21.3 Å². The summed E-state index contributed by atoms with van der Waals surface area (Å²) in [6.45, 7) is 0. The lowest BCUT2D eigenvalue weighted by Crippen LogP contribution is -2.01. The van der Waals surface area contributed by atoms with E-state index in [9.17, 15) is 13.6 Å². The number of aryl methyl sites for hydroxylation is 2. The van der Waals surface area contributed by atoms with Gasteiger partial charge in [-0.15, -0.1) is 0 Å². The van der Waals surface area contributed by atoms with E-state index in [1.165, 1.54) is 24.3 Å². The number of carboxylic acid groups (broad SMARTS) is 1. The Balaban J connectivity index is 1.55. The molecule has 0 spiro atoms. The van der Waals surface area contributed by atoms with Crippen LogP contribution in [0.2, 0.25) is 0 Å². The van der Waals surface area contributed by atoms with Crippen LogP contribution in [0.15, 0.2) is 36.4 Å². The zero-order valence-corrected chi connectivity index (χ0v) is 16.4. The molecule has 0 saturated carbocycles. The second-order valence-electron chi connectivity index (χ2n) is 7.32. The van der Waals surface area contributed by atoms with Gasteiger partial charge in [-0.05, 0) is 55.0 Å². The van der Waals surface area contributed by atoms with Gasteiger partial charge < -0.3 is 15.3 Å². The number of hydrogen-bond donors (Lipinski definition) is 3. The van der Waals surface area contributed by atoms with Gasteiger partial charge in [0, 0.05) is 5.56 Å². The quantitative estimate of drug-likeness (QED) is 0.336. The molecule has 0 aliphatic carbocycles. The van der Waals surface area contributed by atoms with Crippen LogP contribution in [0.3, 0.4) is 0 Å². The first kappa shape index (κ1) is 23.0. The van der Waals surface area contributed by atoms with E-state index in [1.54, 1.807) is 12.1 Å². The van der Waals surface area contributed by atoms with Crippen molar-refractivity contribution < 1.29 is 28.9 Å². The molecule has 6 heteroatoms. The zero-order valence-electron chi connectivity index (χ0n) is 16.4. The van der Waals surface area contributed by atoms with Crippen molar-refractivity contribution in [2.24, 2.45) is 0 Å². The first-order valence-corrected chi connectivity index (χ1v) is 10.0. The molecule has 0 atom stereocenters. The molecule has 2 aromatic rings. The molecule has 0 bridgehead atoms. The molecule has 2 aromatic carbocycles. The monoisotopic (exact) mass is 406 g/mol. The third-order valence-electron chi connectivity index (χ3n) is 5.04. The fourth-order valence-electron chi connectivity index (χ4n) is 3.37. The highest BCUT2D eigenvalue weighted by atomic mass is 19.1. The summed E-state index contributed by atoms with van der Waals surface area (Å²) in [6, 6.07) is 8.79. The Morgan fingerprint density at radius 2 is 1.24 bits per heavy atom. The molecule has 0 radical (unpaired) electrons. The summed E-state index contributed by atoms with van der Waals surface area (Å²) in [7, 11) is 0. The van der Waals surface area contributed by atoms with Crippen LogP contribution < -0.4 is 0 Å². The lowest BCUT2D eigenvalue weighted by molar-refractivity contribution is -0.0449. The van der Waals surface area contributed by atoms with E-state index in [-0.39, 0.29) is 11.1 Å². The average molecular weight is 406 g/mol. The Bertz CT molecular complexity index is 805. The number of rotatable bonds is 12. The molecule has 3 N–H and O–H groups in total. The van der Waals surface area contributed by atoms with Gasteiger partial charge in [0.25, 0.3) is 0 Å². The largest absolute Gasteiger partial charge is 0.478 e. The summed E-state index contributed by atoms with van der Waals surface area (Å²) in [5, 5.41) is 26.9. The molecule has 0 aromatic heterocycles. The van der Waals surface area contributed by atoms with Crippen LogP contribution >= 0.6 is 0 Å². The number of aromatic carboxylic acids is 1. The van der Waals surface area contributed by atoms with E-state index in [0.29, 0.717) is 0 Å². The molecule has 29 heavy (non-hydrogen) atoms. The Morgan fingerprint density at radius 3 is 1.69 bits per heavy atom. The molecule has 0 amide bonds. The Morgan fingerprint density at radius 1 is 0.759 bits per heavy atom. The first-order chi connectivity index (χ1) is 13.9. The van der Waals surface area contributed by atoms with Crippen molar-refractivity contribution in [1.82, 2.24) is 0 Å². The van der Waals surface area contributed by atoms with Gasteiger partial charge in [0.05, 0.1) is 5.56 Å². The number of carboxylic acids is 1. The third-order valence-corrected chi connectivity index (χ3v) is 5.04. The van der Waals surface area contributed by atoms with E-state index < -0.39 is 23.9 Å². The molecule has 0 aliphatic heterocycles. The van der Waals surface area contributed by atoms with E-state index in [2.05, 4.69) is 0 Å². The number of aliphatic hydroxyl groups excluding tert-OH is 1. The van der Waals surface area contributed by atoms with Gasteiger partial charge >= 0.3 is 5.97 Å². The van der Waals surface area contributed by atoms with Crippen LogP contribution in [0.5, 0.6) is 0 Å². The molecule has 0 fully saturated rings. The van der Waals surface area contributed by atoms with Crippen molar-refractivity contribution in [3.05, 3.63) is 70.3 Å². The Labute approximate surface area is 169 Å². The number of hydrogen-bond acceptors (Lipinski definition) is 3. The molecule has 2 rings (SSSR count). The normalized spacial score (nSPS) is 11.2. The summed E-state index contributed by atoms with van der Waals surface area (Å²) in [5.74, 6) is -2.52. The van der Waals surface area contributed by atoms with Crippen molar-refractivity contribution >= 4 is 5.97 Å². The van der Waals surface area contributed by atoms with Gasteiger partial charge in [-0.2, -0.15) is 0 Å². The summed E-state index contributed by atoms with van der Waals surface area (Å²) >= 11 is 0. The molecule has 0 unspecified atom stereocenters. The minimum atomic E-state index is -1.79. The average Bonchev–Trinajstić information content (AvgIpc) is 2.66. The van der Waals surface area contributed by atoms with Crippen molar-refractivity contribution in [2.75, 3.05) is 0 Å². The summed E-state index contributed by atoms with van der Waals surface area (Å²) in [5.41, 5.74) is 1.28. The van der Waals surface area contributed by atoms with E-state index in [0.717, 1.165) is 68.9 Å². The fraction of sp³-hybridized carbons (Fsp3) is 0.435. The van der Waals surface area contributed by atoms with E-state index >= 15 is 0 Å². The highest BCUT2D eigenvalue weighted by Crippen LogP contribution is 2.18. The first-order valence-electron chi connectivity index (χ1n) is 10.0. The van der Waals surface area contributed by atoms with Crippen molar-refractivity contribution in [3.63, 3.8) is 0 Å². The number of carbonyl (C=O) groups is 1. The predicted molar refractivity (Wildman–Crippen MR) is 107 cm³/mol. The lowest BCUT2D eigenvalue weighted by atomic mass is 10.0. The highest BCUT2D eigenvalue weighted by Gasteiger charge is 2.11. The molecular formula is C23H28F2O4. The van der Waals surface area contributed by atoms with Crippen LogP contribution in [0.1, 0.15) is 78.3 Å². The van der Waals surface area contributed by atoms with E-state index in [4.69, 9.17) is 15.3 Å². The number of aliphatic hydroxyl groups is 2. The number of benzene rings is 2. The van der Waals surface area contributed by atoms with E-state index in [1.807, 2.05) is 0 Å². The summed E-state index contributed by atoms with van der Waals surface area (Å²) in [6.07, 6.45) is 6.99. The van der Waals surface area contributed by atoms with Crippen molar-refractivity contribution in [2.45, 2.75) is 64.1 Å². The fourth-order valence-corrected chi connectivity index (χ4v) is 3.37. The second-order valence-corrected chi connectivity index (χ2v) is 7.32. The van der Waals surface area contributed by atoms with Crippen LogP contribution in [-0.2, 0) is 12.8 Å². The molecular weight excluding hydrogens is 378 g/mol. The SMILES string of the molecule is O=C(O)c1ccc(CCCCCCCCCc2ccc(C(O)O)c(F)c2)cc1F. The van der Waals surface area contributed by atoms with Gasteiger partial charge in [-0.1, -0.05) is 50.3 Å². The Hall–Kier alpha value is -2.31. The minimum Gasteiger partial charge on any atom is -0.478 e. The number of unbranched alkanes of at least 4 members (excludes halogenated alkanes) is 6. The minimum absolute atomic E-state index is 0.102. The summed E-state index contributed by atoms with van der Waals surface area (Å²) in [4.78, 5) is 10.8. The molecule has 4 nitrogen and oxygen atoms in total. The topological polar surface area (TPSA) is 77.8 Å². The maximum absolute atomic E-state index is 13.7. The molecule has 0 aliphatic rings. The molecule has 0 saturated heterocycles. The van der Waals surface area contributed by atoms with Gasteiger partial charge in [-0.3, -0.25) is 0 Å². The van der Waals surface area contributed by atoms with Crippen LogP contribution in [0.25, 0.3) is 0 Å². The van der Waals surface area contributed by atoms with Crippen molar-refractivity contribution in [1.29, 1.82) is 0 Å². The zero-order chi connectivity index (χ0) is 21.2. The standard InChI is InChI=1S/C23H28F2O4/c24-20-14-16(10-12-18(20)22(26)27)8-6-4-2-1-3-5-7-9-17-11-13-19(23(28)29)21(25)15-17/h10-15,22,26-27H,1-9H2,(H,28,29). The Kier molecular flexibility index (Phi) is 9.22. The lowest BCUT2D eigenvalue weighted by Gasteiger charge is -2.08. The van der Waals surface area contributed by atoms with Crippen LogP contribution in [0, 0.1) is 11.6 Å². The predicted octanol–water partition coefficient (Wildman–Crippen LogP) is 5.16. The maximum atomic E-state index is 13.7. The van der Waals surface area contributed by atoms with Crippen molar-refractivity contribution in [3.8, 4) is 0 Å². The maximum Gasteiger partial charge on any atom is 0.338 e. The summed E-state index contributed by atoms with van der Waals surface area (Å²) < 4.78 is 27.3. The highest BCUT2D eigenvalue weighted by molar-refractivity contribution is 5.87. The molecule has 158 valence electrons. The third kappa shape index (κ3) is 7.55. The van der Waals surface area contributed by atoms with Gasteiger partial charge in [0.1, 0.15) is 11.6 Å².